The fraction of sp³-hybridized carbons (Fsp3) is 0.632. The second-order valence-electron chi connectivity index (χ2n) is 7.22. The van der Waals surface area contributed by atoms with Crippen LogP contribution in [-0.4, -0.2) is 48.1 Å². The number of rotatable bonds is 4. The number of ether oxygens (including phenoxy) is 1. The zero-order valence-electron chi connectivity index (χ0n) is 14.2. The average molecular weight is 333 g/mol. The van der Waals surface area contributed by atoms with E-state index < -0.39 is 17.6 Å². The number of carbonyl (C=O) groups excluding carboxylic acids is 1. The monoisotopic (exact) mass is 333 g/mol. The summed E-state index contributed by atoms with van der Waals surface area (Å²) in [5.74, 6) is -0.245. The van der Waals surface area contributed by atoms with Crippen LogP contribution in [0, 0.1) is 12.8 Å². The van der Waals surface area contributed by atoms with Crippen molar-refractivity contribution in [3.05, 3.63) is 35.4 Å². The zero-order chi connectivity index (χ0) is 17.2. The van der Waals surface area contributed by atoms with Crippen molar-refractivity contribution in [2.45, 2.75) is 50.2 Å². The third-order valence-electron chi connectivity index (χ3n) is 5.52. The Morgan fingerprint density at radius 2 is 1.88 bits per heavy atom. The van der Waals surface area contributed by atoms with Gasteiger partial charge in [0, 0.05) is 12.5 Å². The van der Waals surface area contributed by atoms with E-state index in [0.29, 0.717) is 13.2 Å². The molecule has 132 valence electrons. The summed E-state index contributed by atoms with van der Waals surface area (Å²) in [6.07, 6.45) is 2.09. The molecule has 1 amide bonds. The number of nitrogens with one attached hydrogen (secondary N) is 1. The first-order valence-electron chi connectivity index (χ1n) is 8.82. The van der Waals surface area contributed by atoms with E-state index >= 15 is 0 Å². The molecule has 24 heavy (non-hydrogen) atoms. The van der Waals surface area contributed by atoms with Crippen LogP contribution < -0.4 is 5.32 Å². The van der Waals surface area contributed by atoms with Crippen molar-refractivity contribution < 1.29 is 19.7 Å². The first kappa shape index (κ1) is 17.4. The quantitative estimate of drug-likeness (QED) is 0.776. The van der Waals surface area contributed by atoms with Gasteiger partial charge in [-0.3, -0.25) is 4.79 Å². The number of aryl methyl sites for hydroxylation is 1. The van der Waals surface area contributed by atoms with Crippen LogP contribution in [0.1, 0.15) is 36.8 Å². The van der Waals surface area contributed by atoms with Crippen LogP contribution in [0.4, 0.5) is 0 Å². The lowest BCUT2D eigenvalue weighted by Gasteiger charge is -2.34. The van der Waals surface area contributed by atoms with E-state index in [1.807, 2.05) is 6.92 Å². The molecule has 0 unspecified atom stereocenters. The zero-order valence-corrected chi connectivity index (χ0v) is 14.2. The van der Waals surface area contributed by atoms with Gasteiger partial charge in [0.2, 0.25) is 5.91 Å². The first-order valence-corrected chi connectivity index (χ1v) is 8.82. The van der Waals surface area contributed by atoms with E-state index in [4.69, 9.17) is 4.74 Å². The molecular formula is C19H27NO4. The van der Waals surface area contributed by atoms with Gasteiger partial charge in [0.15, 0.2) is 0 Å². The Morgan fingerprint density at radius 1 is 1.21 bits per heavy atom. The smallest absolute Gasteiger partial charge is 0.230 e. The molecule has 1 saturated carbocycles. The van der Waals surface area contributed by atoms with Crippen LogP contribution >= 0.6 is 0 Å². The topological polar surface area (TPSA) is 78.8 Å². The van der Waals surface area contributed by atoms with Gasteiger partial charge in [-0.25, -0.2) is 0 Å². The Hall–Kier alpha value is -1.43. The Kier molecular flexibility index (Phi) is 5.23. The predicted octanol–water partition coefficient (Wildman–Crippen LogP) is 1.29. The lowest BCUT2D eigenvalue weighted by molar-refractivity contribution is -0.132. The summed E-state index contributed by atoms with van der Waals surface area (Å²) in [6, 6.07) is 8.22. The van der Waals surface area contributed by atoms with Crippen molar-refractivity contribution in [2.75, 3.05) is 19.8 Å². The lowest BCUT2D eigenvalue weighted by Crippen LogP contribution is -2.51. The number of carbonyl (C=O) groups is 1. The Bertz CT molecular complexity index is 565. The van der Waals surface area contributed by atoms with Gasteiger partial charge in [0.1, 0.15) is 6.10 Å². The highest BCUT2D eigenvalue weighted by Gasteiger charge is 2.43. The second kappa shape index (κ2) is 7.21. The molecule has 1 aliphatic carbocycles. The standard InChI is InChI=1S/C19H27NO4/c1-13-4-6-15(7-5-13)19(8-2-3-9-19)18(23)20-10-14-11-24-12-16(21)17(14)22/h4-7,14,16-17,21-22H,2-3,8-12H2,1H3,(H,20,23)/t14-,16-,17+/m1/s1. The number of aliphatic hydroxyl groups is 2. The van der Waals surface area contributed by atoms with E-state index in [2.05, 4.69) is 29.6 Å². The minimum atomic E-state index is -0.877. The summed E-state index contributed by atoms with van der Waals surface area (Å²) in [5.41, 5.74) is 1.79. The average Bonchev–Trinajstić information content (AvgIpc) is 3.07. The lowest BCUT2D eigenvalue weighted by atomic mass is 9.77. The van der Waals surface area contributed by atoms with Crippen LogP contribution in [0.15, 0.2) is 24.3 Å². The van der Waals surface area contributed by atoms with E-state index in [0.717, 1.165) is 31.2 Å². The normalized spacial score (nSPS) is 29.4. The molecule has 0 bridgehead atoms. The van der Waals surface area contributed by atoms with E-state index in [1.54, 1.807) is 0 Å². The number of amides is 1. The maximum atomic E-state index is 13.0. The van der Waals surface area contributed by atoms with Gasteiger partial charge in [-0.1, -0.05) is 42.7 Å². The van der Waals surface area contributed by atoms with Crippen molar-refractivity contribution in [3.63, 3.8) is 0 Å². The van der Waals surface area contributed by atoms with E-state index in [1.165, 1.54) is 5.56 Å². The van der Waals surface area contributed by atoms with Crippen molar-refractivity contribution in [3.8, 4) is 0 Å². The minimum absolute atomic E-state index is 0.0242. The third-order valence-corrected chi connectivity index (χ3v) is 5.52. The molecule has 3 N–H and O–H groups in total. The molecule has 1 aromatic carbocycles. The highest BCUT2D eigenvalue weighted by Crippen LogP contribution is 2.41. The fourth-order valence-corrected chi connectivity index (χ4v) is 3.92. The van der Waals surface area contributed by atoms with Gasteiger partial charge in [0.05, 0.1) is 24.7 Å². The van der Waals surface area contributed by atoms with Crippen molar-refractivity contribution in [2.24, 2.45) is 5.92 Å². The first-order chi connectivity index (χ1) is 11.5. The number of aliphatic hydroxyl groups excluding tert-OH is 2. The molecule has 0 radical (unpaired) electrons. The maximum Gasteiger partial charge on any atom is 0.230 e. The van der Waals surface area contributed by atoms with E-state index in [-0.39, 0.29) is 18.4 Å². The van der Waals surface area contributed by atoms with Gasteiger partial charge in [-0.2, -0.15) is 0 Å². The van der Waals surface area contributed by atoms with Crippen LogP contribution in [-0.2, 0) is 14.9 Å². The van der Waals surface area contributed by atoms with Crippen molar-refractivity contribution >= 4 is 5.91 Å². The highest BCUT2D eigenvalue weighted by atomic mass is 16.5. The van der Waals surface area contributed by atoms with Crippen LogP contribution in [0.5, 0.6) is 0 Å². The van der Waals surface area contributed by atoms with Crippen LogP contribution in [0.2, 0.25) is 0 Å². The van der Waals surface area contributed by atoms with Crippen molar-refractivity contribution in [1.82, 2.24) is 5.32 Å². The molecule has 1 aliphatic heterocycles. The van der Waals surface area contributed by atoms with Gasteiger partial charge in [-0.05, 0) is 25.3 Å². The molecule has 1 aromatic rings. The molecule has 5 nitrogen and oxygen atoms in total. The molecule has 5 heteroatoms. The number of hydrogen-bond acceptors (Lipinski definition) is 4. The van der Waals surface area contributed by atoms with Gasteiger partial charge in [-0.15, -0.1) is 0 Å². The Labute approximate surface area is 143 Å². The molecule has 0 spiro atoms. The minimum Gasteiger partial charge on any atom is -0.390 e. The third kappa shape index (κ3) is 3.34. The molecule has 2 fully saturated rings. The highest BCUT2D eigenvalue weighted by molar-refractivity contribution is 5.88. The number of benzene rings is 1. The molecule has 1 saturated heterocycles. The summed E-state index contributed by atoms with van der Waals surface area (Å²) in [4.78, 5) is 13.0. The predicted molar refractivity (Wildman–Crippen MR) is 90.7 cm³/mol. The Balaban J connectivity index is 1.70. The molecule has 1 heterocycles. The molecule has 3 rings (SSSR count). The fourth-order valence-electron chi connectivity index (χ4n) is 3.92. The second-order valence-corrected chi connectivity index (χ2v) is 7.22. The molecule has 2 aliphatic rings. The largest absolute Gasteiger partial charge is 0.390 e. The maximum absolute atomic E-state index is 13.0. The summed E-state index contributed by atoms with van der Waals surface area (Å²) in [7, 11) is 0. The number of hydrogen-bond donors (Lipinski definition) is 3. The summed E-state index contributed by atoms with van der Waals surface area (Å²) < 4.78 is 5.28. The molecule has 0 aromatic heterocycles. The van der Waals surface area contributed by atoms with Gasteiger partial charge >= 0.3 is 0 Å². The van der Waals surface area contributed by atoms with Crippen LogP contribution in [0.3, 0.4) is 0 Å². The van der Waals surface area contributed by atoms with Gasteiger partial charge < -0.3 is 20.3 Å². The SMILES string of the molecule is Cc1ccc(C2(C(=O)NC[C@@H]3COC[C@@H](O)[C@H]3O)CCCC2)cc1. The Morgan fingerprint density at radius 3 is 2.54 bits per heavy atom. The summed E-state index contributed by atoms with van der Waals surface area (Å²) in [5, 5.41) is 22.7. The molecule has 3 atom stereocenters. The molecular weight excluding hydrogens is 306 g/mol. The summed E-state index contributed by atoms with van der Waals surface area (Å²) in [6.45, 7) is 2.88. The van der Waals surface area contributed by atoms with E-state index in [9.17, 15) is 15.0 Å². The van der Waals surface area contributed by atoms with Crippen LogP contribution in [0.25, 0.3) is 0 Å². The van der Waals surface area contributed by atoms with Gasteiger partial charge in [0.25, 0.3) is 0 Å². The summed E-state index contributed by atoms with van der Waals surface area (Å²) >= 11 is 0. The van der Waals surface area contributed by atoms with Crippen molar-refractivity contribution in [1.29, 1.82) is 0 Å².